The van der Waals surface area contributed by atoms with Crippen LogP contribution >= 0.6 is 0 Å². The second kappa shape index (κ2) is 5.49. The zero-order valence-electron chi connectivity index (χ0n) is 9.96. The molecule has 0 saturated carbocycles. The van der Waals surface area contributed by atoms with Gasteiger partial charge in [0.25, 0.3) is 0 Å². The summed E-state index contributed by atoms with van der Waals surface area (Å²) < 4.78 is 0. The molecule has 0 saturated heterocycles. The van der Waals surface area contributed by atoms with E-state index in [2.05, 4.69) is 50.2 Å². The highest BCUT2D eigenvalue weighted by Gasteiger charge is 1.99. The van der Waals surface area contributed by atoms with Crippen molar-refractivity contribution in [1.82, 2.24) is 10.3 Å². The van der Waals surface area contributed by atoms with E-state index in [0.29, 0.717) is 5.92 Å². The van der Waals surface area contributed by atoms with Gasteiger partial charge in [0, 0.05) is 24.5 Å². The average Bonchev–Trinajstić information content (AvgIpc) is 2.59. The molecule has 15 heavy (non-hydrogen) atoms. The molecule has 0 aliphatic rings. The van der Waals surface area contributed by atoms with Gasteiger partial charge in [-0.25, -0.2) is 0 Å². The van der Waals surface area contributed by atoms with E-state index in [1.807, 2.05) is 19.4 Å². The Kier molecular flexibility index (Phi) is 4.28. The largest absolute Gasteiger partial charge is 0.393 e. The fraction of sp³-hybridized carbons (Fsp3) is 0.333. The second-order valence-corrected chi connectivity index (χ2v) is 4.08. The van der Waals surface area contributed by atoms with Gasteiger partial charge in [-0.15, -0.1) is 0 Å². The molecule has 80 valence electrons. The minimum Gasteiger partial charge on any atom is -0.393 e. The minimum absolute atomic E-state index is 0.571. The molecule has 1 aromatic heterocycles. The lowest BCUT2D eigenvalue weighted by molar-refractivity contribution is 0.832. The van der Waals surface area contributed by atoms with Crippen LogP contribution in [0.1, 0.15) is 19.5 Å². The van der Waals surface area contributed by atoms with E-state index < -0.39 is 0 Å². The lowest BCUT2D eigenvalue weighted by Crippen LogP contribution is -1.97. The standard InChI is InChI=1S/C12H19BN2/c1-9(2)4-5-10(7-14-3)12-6-11(13)8-15-12/h4-9,14-15H,13H2,1-3H3/b5-4-,10-7+. The maximum absolute atomic E-state index is 3.25. The maximum Gasteiger partial charge on any atom is 0.141 e. The second-order valence-electron chi connectivity index (χ2n) is 4.08. The van der Waals surface area contributed by atoms with Gasteiger partial charge in [-0.1, -0.05) is 31.5 Å². The molecule has 0 bridgehead atoms. The van der Waals surface area contributed by atoms with Crippen LogP contribution in [-0.4, -0.2) is 19.9 Å². The molecular weight excluding hydrogens is 183 g/mol. The molecule has 2 nitrogen and oxygen atoms in total. The zero-order valence-corrected chi connectivity index (χ0v) is 9.96. The first-order chi connectivity index (χ1) is 7.13. The predicted octanol–water partition coefficient (Wildman–Crippen LogP) is 1.05. The lowest BCUT2D eigenvalue weighted by atomic mass is 9.99. The Labute approximate surface area is 92.9 Å². The average molecular weight is 202 g/mol. The maximum atomic E-state index is 3.25. The van der Waals surface area contributed by atoms with Gasteiger partial charge in [-0.2, -0.15) is 0 Å². The van der Waals surface area contributed by atoms with Gasteiger partial charge in [0.15, 0.2) is 0 Å². The zero-order chi connectivity index (χ0) is 11.3. The smallest absolute Gasteiger partial charge is 0.141 e. The Bertz CT molecular complexity index is 361. The summed E-state index contributed by atoms with van der Waals surface area (Å²) in [5.41, 5.74) is 3.59. The van der Waals surface area contributed by atoms with Gasteiger partial charge < -0.3 is 10.3 Å². The summed E-state index contributed by atoms with van der Waals surface area (Å²) in [4.78, 5) is 3.25. The van der Waals surface area contributed by atoms with Crippen molar-refractivity contribution < 1.29 is 0 Å². The number of hydrogen-bond donors (Lipinski definition) is 2. The SMILES string of the molecule is Bc1c[nH]c(C(/C=C\C(C)C)=C/NC)c1. The summed E-state index contributed by atoms with van der Waals surface area (Å²) in [7, 11) is 4.00. The Morgan fingerprint density at radius 2 is 2.27 bits per heavy atom. The first-order valence-electron chi connectivity index (χ1n) is 5.34. The number of rotatable bonds is 4. The molecule has 3 heteroatoms. The van der Waals surface area contributed by atoms with Crippen molar-refractivity contribution >= 4 is 18.9 Å². The first kappa shape index (κ1) is 11.7. The van der Waals surface area contributed by atoms with E-state index in [9.17, 15) is 0 Å². The Morgan fingerprint density at radius 3 is 2.73 bits per heavy atom. The fourth-order valence-electron chi connectivity index (χ4n) is 1.34. The molecule has 1 rings (SSSR count). The molecule has 1 aromatic rings. The number of nitrogens with one attached hydrogen (secondary N) is 2. The molecule has 0 aromatic carbocycles. The van der Waals surface area contributed by atoms with Crippen LogP contribution in [0.3, 0.4) is 0 Å². The lowest BCUT2D eigenvalue weighted by Gasteiger charge is -2.01. The van der Waals surface area contributed by atoms with Crippen molar-refractivity contribution in [2.45, 2.75) is 13.8 Å². The van der Waals surface area contributed by atoms with Crippen molar-refractivity contribution in [2.75, 3.05) is 7.05 Å². The van der Waals surface area contributed by atoms with Crippen molar-refractivity contribution in [2.24, 2.45) is 5.92 Å². The topological polar surface area (TPSA) is 27.8 Å². The highest BCUT2D eigenvalue weighted by Crippen LogP contribution is 2.12. The first-order valence-corrected chi connectivity index (χ1v) is 5.34. The summed E-state index contributed by atoms with van der Waals surface area (Å²) in [6.45, 7) is 4.35. The third kappa shape index (κ3) is 3.70. The predicted molar refractivity (Wildman–Crippen MR) is 70.0 cm³/mol. The molecular formula is C12H19BN2. The van der Waals surface area contributed by atoms with Crippen LogP contribution in [0, 0.1) is 5.92 Å². The molecule has 0 aliphatic carbocycles. The van der Waals surface area contributed by atoms with Gasteiger partial charge in [-0.3, -0.25) is 0 Å². The number of hydrogen-bond acceptors (Lipinski definition) is 1. The summed E-state index contributed by atoms with van der Waals surface area (Å²) >= 11 is 0. The molecule has 0 fully saturated rings. The van der Waals surface area contributed by atoms with Crippen molar-refractivity contribution in [1.29, 1.82) is 0 Å². The van der Waals surface area contributed by atoms with E-state index in [1.165, 1.54) is 11.0 Å². The summed E-state index contributed by atoms with van der Waals surface area (Å²) in [6.07, 6.45) is 8.36. The molecule has 1 heterocycles. The molecule has 0 unspecified atom stereocenters. The quantitative estimate of drug-likeness (QED) is 0.554. The summed E-state index contributed by atoms with van der Waals surface area (Å²) in [5.74, 6) is 0.571. The van der Waals surface area contributed by atoms with Crippen LogP contribution in [0.5, 0.6) is 0 Å². The highest BCUT2D eigenvalue weighted by atomic mass is 14.8. The molecule has 0 aliphatic heterocycles. The third-order valence-electron chi connectivity index (χ3n) is 2.10. The molecule has 0 spiro atoms. The van der Waals surface area contributed by atoms with Gasteiger partial charge >= 0.3 is 0 Å². The normalized spacial score (nSPS) is 12.7. The molecule has 0 atom stereocenters. The van der Waals surface area contributed by atoms with E-state index in [1.54, 1.807) is 0 Å². The van der Waals surface area contributed by atoms with Crippen molar-refractivity contribution in [3.63, 3.8) is 0 Å². The summed E-state index contributed by atoms with van der Waals surface area (Å²) in [6, 6.07) is 2.15. The molecule has 2 N–H and O–H groups in total. The van der Waals surface area contributed by atoms with E-state index in [0.717, 1.165) is 5.69 Å². The number of H-pyrrole nitrogens is 1. The van der Waals surface area contributed by atoms with Gasteiger partial charge in [-0.05, 0) is 18.2 Å². The Morgan fingerprint density at radius 1 is 1.53 bits per heavy atom. The van der Waals surface area contributed by atoms with E-state index in [4.69, 9.17) is 0 Å². The van der Waals surface area contributed by atoms with Gasteiger partial charge in [0.1, 0.15) is 7.85 Å². The molecule has 0 radical (unpaired) electrons. The number of aromatic nitrogens is 1. The van der Waals surface area contributed by atoms with Gasteiger partial charge in [0.2, 0.25) is 0 Å². The van der Waals surface area contributed by atoms with Crippen LogP contribution in [0.25, 0.3) is 5.57 Å². The van der Waals surface area contributed by atoms with Crippen LogP contribution in [-0.2, 0) is 0 Å². The van der Waals surface area contributed by atoms with Crippen molar-refractivity contribution in [3.05, 3.63) is 36.3 Å². The summed E-state index contributed by atoms with van der Waals surface area (Å²) in [5, 5.41) is 3.07. The minimum atomic E-state index is 0.571. The van der Waals surface area contributed by atoms with Crippen LogP contribution in [0.4, 0.5) is 0 Å². The Hall–Kier alpha value is -1.38. The van der Waals surface area contributed by atoms with E-state index >= 15 is 0 Å². The van der Waals surface area contributed by atoms with Crippen LogP contribution < -0.4 is 10.8 Å². The highest BCUT2D eigenvalue weighted by molar-refractivity contribution is 6.32. The third-order valence-corrected chi connectivity index (χ3v) is 2.10. The fourth-order valence-corrected chi connectivity index (χ4v) is 1.34. The van der Waals surface area contributed by atoms with Crippen molar-refractivity contribution in [3.8, 4) is 0 Å². The number of aromatic amines is 1. The van der Waals surface area contributed by atoms with Gasteiger partial charge in [0.05, 0.1) is 0 Å². The van der Waals surface area contributed by atoms with Crippen LogP contribution in [0.2, 0.25) is 0 Å². The molecule has 0 amide bonds. The van der Waals surface area contributed by atoms with E-state index in [-0.39, 0.29) is 0 Å². The monoisotopic (exact) mass is 202 g/mol. The Balaban J connectivity index is 2.89. The van der Waals surface area contributed by atoms with Crippen LogP contribution in [0.15, 0.2) is 30.6 Å². The number of allylic oxidation sites excluding steroid dienone is 3.